The summed E-state index contributed by atoms with van der Waals surface area (Å²) in [5.74, 6) is -1.14. The lowest BCUT2D eigenvalue weighted by Crippen LogP contribution is -2.49. The van der Waals surface area contributed by atoms with Gasteiger partial charge in [0.25, 0.3) is 0 Å². The molecule has 32 heavy (non-hydrogen) atoms. The number of sulfone groups is 1. The van der Waals surface area contributed by atoms with Gasteiger partial charge in [-0.1, -0.05) is 24.3 Å². The topological polar surface area (TPSA) is 108 Å². The molecule has 3 aromatic rings. The van der Waals surface area contributed by atoms with Gasteiger partial charge >= 0.3 is 12.0 Å². The number of carboxylic acids is 1. The van der Waals surface area contributed by atoms with Gasteiger partial charge in [-0.25, -0.2) is 18.0 Å². The van der Waals surface area contributed by atoms with Crippen molar-refractivity contribution in [3.63, 3.8) is 0 Å². The van der Waals surface area contributed by atoms with Crippen LogP contribution in [0.5, 0.6) is 0 Å². The summed E-state index contributed by atoms with van der Waals surface area (Å²) in [4.78, 5) is 27.7. The number of carbonyl (C=O) groups excluding carboxylic acids is 1. The Bertz CT molecular complexity index is 1210. The van der Waals surface area contributed by atoms with Crippen LogP contribution in [0.3, 0.4) is 0 Å². The Morgan fingerprint density at radius 2 is 1.72 bits per heavy atom. The Kier molecular flexibility index (Phi) is 6.00. The number of anilines is 1. The molecular formula is C23H22N2O6S. The maximum Gasteiger partial charge on any atom is 0.335 e. The predicted molar refractivity (Wildman–Crippen MR) is 119 cm³/mol. The third-order valence-corrected chi connectivity index (χ3v) is 7.01. The van der Waals surface area contributed by atoms with Crippen LogP contribution in [0.2, 0.25) is 0 Å². The number of hydrogen-bond donors (Lipinski definition) is 1. The van der Waals surface area contributed by atoms with E-state index in [-0.39, 0.29) is 42.7 Å². The molecule has 2 heterocycles. The zero-order valence-corrected chi connectivity index (χ0v) is 18.0. The van der Waals surface area contributed by atoms with Crippen molar-refractivity contribution < 1.29 is 27.5 Å². The van der Waals surface area contributed by atoms with Crippen LogP contribution < -0.4 is 4.90 Å². The molecule has 0 atom stereocenters. The van der Waals surface area contributed by atoms with Crippen molar-refractivity contribution in [3.8, 4) is 11.1 Å². The van der Waals surface area contributed by atoms with Crippen molar-refractivity contribution >= 4 is 27.5 Å². The standard InChI is InChI=1S/C23H22N2O6S/c26-22(27)18-6-4-17(5-7-18)15-25(23(28)24-9-12-32(29,30)13-10-24)21-3-1-2-19(14-21)20-8-11-31-16-20/h1-8,11,14,16H,9-10,12-13,15H2,(H,26,27). The first-order valence-corrected chi connectivity index (χ1v) is 11.9. The molecule has 2 aromatic carbocycles. The van der Waals surface area contributed by atoms with Gasteiger partial charge in [-0.3, -0.25) is 4.90 Å². The van der Waals surface area contributed by atoms with Gasteiger partial charge in [0.2, 0.25) is 0 Å². The van der Waals surface area contributed by atoms with E-state index in [0.29, 0.717) is 5.69 Å². The summed E-state index contributed by atoms with van der Waals surface area (Å²) in [7, 11) is -3.13. The number of furan rings is 1. The average Bonchev–Trinajstić information content (AvgIpc) is 3.32. The highest BCUT2D eigenvalue weighted by molar-refractivity contribution is 7.91. The minimum atomic E-state index is -3.13. The summed E-state index contributed by atoms with van der Waals surface area (Å²) < 4.78 is 28.8. The smallest absolute Gasteiger partial charge is 0.335 e. The number of carboxylic acid groups (broad SMARTS) is 1. The lowest BCUT2D eigenvalue weighted by molar-refractivity contribution is 0.0696. The summed E-state index contributed by atoms with van der Waals surface area (Å²) >= 11 is 0. The molecule has 0 spiro atoms. The second kappa shape index (κ2) is 8.88. The monoisotopic (exact) mass is 454 g/mol. The lowest BCUT2D eigenvalue weighted by atomic mass is 10.1. The van der Waals surface area contributed by atoms with Crippen LogP contribution in [0.1, 0.15) is 15.9 Å². The first kappa shape index (κ1) is 21.6. The maximum atomic E-state index is 13.4. The fraction of sp³-hybridized carbons (Fsp3) is 0.217. The highest BCUT2D eigenvalue weighted by Crippen LogP contribution is 2.27. The first-order valence-electron chi connectivity index (χ1n) is 10.0. The van der Waals surface area contributed by atoms with Crippen LogP contribution in [0.25, 0.3) is 11.1 Å². The molecule has 1 aliphatic rings. The molecule has 0 unspecified atom stereocenters. The van der Waals surface area contributed by atoms with E-state index < -0.39 is 15.8 Å². The predicted octanol–water partition coefficient (Wildman–Crippen LogP) is 3.50. The second-order valence-electron chi connectivity index (χ2n) is 7.57. The van der Waals surface area contributed by atoms with Crippen LogP contribution >= 0.6 is 0 Å². The largest absolute Gasteiger partial charge is 0.478 e. The van der Waals surface area contributed by atoms with Gasteiger partial charge in [0.1, 0.15) is 0 Å². The number of benzene rings is 2. The molecule has 1 aliphatic heterocycles. The molecule has 0 radical (unpaired) electrons. The molecule has 2 amide bonds. The Morgan fingerprint density at radius 1 is 1.00 bits per heavy atom. The quantitative estimate of drug-likeness (QED) is 0.632. The number of carbonyl (C=O) groups is 2. The van der Waals surface area contributed by atoms with Crippen LogP contribution in [0.15, 0.2) is 71.5 Å². The molecule has 1 aromatic heterocycles. The van der Waals surface area contributed by atoms with E-state index >= 15 is 0 Å². The number of aromatic carboxylic acids is 1. The van der Waals surface area contributed by atoms with Gasteiger partial charge in [0.15, 0.2) is 9.84 Å². The number of rotatable bonds is 5. The highest BCUT2D eigenvalue weighted by Gasteiger charge is 2.29. The normalized spacial score (nSPS) is 15.3. The van der Waals surface area contributed by atoms with E-state index in [1.54, 1.807) is 29.6 Å². The lowest BCUT2D eigenvalue weighted by Gasteiger charge is -2.33. The average molecular weight is 455 g/mol. The molecule has 0 bridgehead atoms. The maximum absolute atomic E-state index is 13.4. The number of hydrogen-bond acceptors (Lipinski definition) is 5. The van der Waals surface area contributed by atoms with Gasteiger partial charge in [0.05, 0.1) is 36.1 Å². The zero-order chi connectivity index (χ0) is 22.7. The molecule has 4 rings (SSSR count). The summed E-state index contributed by atoms with van der Waals surface area (Å²) in [5, 5.41) is 9.13. The van der Waals surface area contributed by atoms with E-state index in [4.69, 9.17) is 9.52 Å². The van der Waals surface area contributed by atoms with Crippen molar-refractivity contribution in [3.05, 3.63) is 78.3 Å². The van der Waals surface area contributed by atoms with Crippen molar-refractivity contribution in [1.29, 1.82) is 0 Å². The Morgan fingerprint density at radius 3 is 2.34 bits per heavy atom. The van der Waals surface area contributed by atoms with Gasteiger partial charge in [-0.2, -0.15) is 0 Å². The summed E-state index contributed by atoms with van der Waals surface area (Å²) in [6, 6.07) is 15.3. The number of urea groups is 1. The first-order chi connectivity index (χ1) is 15.3. The van der Waals surface area contributed by atoms with Crippen molar-refractivity contribution in [2.75, 3.05) is 29.5 Å². The molecule has 166 valence electrons. The Balaban J connectivity index is 1.65. The van der Waals surface area contributed by atoms with Crippen LogP contribution in [-0.2, 0) is 16.4 Å². The molecular weight excluding hydrogens is 432 g/mol. The fourth-order valence-electron chi connectivity index (χ4n) is 3.56. The zero-order valence-electron chi connectivity index (χ0n) is 17.2. The number of amides is 2. The third kappa shape index (κ3) is 4.83. The van der Waals surface area contributed by atoms with Gasteiger partial charge < -0.3 is 14.4 Å². The van der Waals surface area contributed by atoms with Crippen molar-refractivity contribution in [2.45, 2.75) is 6.54 Å². The minimum absolute atomic E-state index is 0.0606. The highest BCUT2D eigenvalue weighted by atomic mass is 32.2. The second-order valence-corrected chi connectivity index (χ2v) is 9.88. The summed E-state index contributed by atoms with van der Waals surface area (Å²) in [6.45, 7) is 0.477. The van der Waals surface area contributed by atoms with Gasteiger partial charge in [-0.05, 0) is 41.5 Å². The molecule has 1 N–H and O–H groups in total. The summed E-state index contributed by atoms with van der Waals surface area (Å²) in [6.07, 6.45) is 3.19. The fourth-order valence-corrected chi connectivity index (χ4v) is 4.76. The van der Waals surface area contributed by atoms with Crippen LogP contribution in [-0.4, -0.2) is 55.0 Å². The van der Waals surface area contributed by atoms with E-state index in [9.17, 15) is 18.0 Å². The molecule has 1 fully saturated rings. The van der Waals surface area contributed by atoms with E-state index in [1.807, 2.05) is 30.3 Å². The molecule has 8 nitrogen and oxygen atoms in total. The third-order valence-electron chi connectivity index (χ3n) is 5.40. The summed E-state index contributed by atoms with van der Waals surface area (Å²) in [5.41, 5.74) is 3.30. The Labute approximate surface area is 185 Å². The van der Waals surface area contributed by atoms with E-state index in [1.165, 1.54) is 17.0 Å². The molecule has 0 saturated carbocycles. The van der Waals surface area contributed by atoms with Crippen LogP contribution in [0, 0.1) is 0 Å². The van der Waals surface area contributed by atoms with Crippen LogP contribution in [0.4, 0.5) is 10.5 Å². The SMILES string of the molecule is O=C(O)c1ccc(CN(C(=O)N2CCS(=O)(=O)CC2)c2cccc(-c3ccoc3)c2)cc1. The molecule has 1 saturated heterocycles. The van der Waals surface area contributed by atoms with Crippen molar-refractivity contribution in [1.82, 2.24) is 4.90 Å². The Hall–Kier alpha value is -3.59. The minimum Gasteiger partial charge on any atom is -0.478 e. The van der Waals surface area contributed by atoms with E-state index in [2.05, 4.69) is 0 Å². The molecule has 0 aliphatic carbocycles. The van der Waals surface area contributed by atoms with E-state index in [0.717, 1.165) is 16.7 Å². The molecule has 9 heteroatoms. The van der Waals surface area contributed by atoms with Gasteiger partial charge in [-0.15, -0.1) is 0 Å². The van der Waals surface area contributed by atoms with Gasteiger partial charge in [0, 0.05) is 24.3 Å². The number of nitrogens with zero attached hydrogens (tertiary/aromatic N) is 2. The van der Waals surface area contributed by atoms with Crippen molar-refractivity contribution in [2.24, 2.45) is 0 Å².